The first-order valence-electron chi connectivity index (χ1n) is 11.4. The molecule has 1 aromatic carbocycles. The van der Waals surface area contributed by atoms with E-state index in [-0.39, 0.29) is 12.6 Å². The number of benzene rings is 1. The molecule has 2 aliphatic rings. The van der Waals surface area contributed by atoms with Crippen LogP contribution in [0.3, 0.4) is 0 Å². The lowest BCUT2D eigenvalue weighted by molar-refractivity contribution is -0.0287. The molecule has 0 unspecified atom stereocenters. The van der Waals surface area contributed by atoms with Crippen LogP contribution in [0.25, 0.3) is 0 Å². The summed E-state index contributed by atoms with van der Waals surface area (Å²) in [5.74, 6) is 0.832. The van der Waals surface area contributed by atoms with Gasteiger partial charge in [-0.2, -0.15) is 0 Å². The third-order valence-corrected chi connectivity index (χ3v) is 7.94. The molecule has 1 saturated heterocycles. The van der Waals surface area contributed by atoms with E-state index in [2.05, 4.69) is 29.9 Å². The van der Waals surface area contributed by atoms with Gasteiger partial charge in [-0.1, -0.05) is 19.6 Å². The highest BCUT2D eigenvalue weighted by molar-refractivity contribution is 6.76. The SMILES string of the molecule is CNC1CCC(N(CC2COC2)c2ccc(F)cc2OCOCC[Si](C)(C)C)CC1. The van der Waals surface area contributed by atoms with Crippen molar-refractivity contribution in [3.8, 4) is 5.75 Å². The molecule has 170 valence electrons. The zero-order valence-corrected chi connectivity index (χ0v) is 20.1. The van der Waals surface area contributed by atoms with Gasteiger partial charge in [0.25, 0.3) is 0 Å². The Morgan fingerprint density at radius 2 is 1.90 bits per heavy atom. The van der Waals surface area contributed by atoms with E-state index in [1.165, 1.54) is 12.1 Å². The van der Waals surface area contributed by atoms with Gasteiger partial charge in [-0.15, -0.1) is 0 Å². The van der Waals surface area contributed by atoms with Gasteiger partial charge in [-0.25, -0.2) is 4.39 Å². The summed E-state index contributed by atoms with van der Waals surface area (Å²) in [6.45, 7) is 10.4. The molecule has 2 fully saturated rings. The first kappa shape index (κ1) is 23.5. The molecule has 0 radical (unpaired) electrons. The normalized spacial score (nSPS) is 22.6. The Kier molecular flexibility index (Phi) is 8.57. The minimum Gasteiger partial charge on any atom is -0.465 e. The van der Waals surface area contributed by atoms with Crippen molar-refractivity contribution in [3.63, 3.8) is 0 Å². The van der Waals surface area contributed by atoms with E-state index in [4.69, 9.17) is 14.2 Å². The van der Waals surface area contributed by atoms with Crippen molar-refractivity contribution in [2.45, 2.75) is 63.5 Å². The fourth-order valence-electron chi connectivity index (χ4n) is 4.17. The van der Waals surface area contributed by atoms with E-state index in [0.29, 0.717) is 30.4 Å². The van der Waals surface area contributed by atoms with Gasteiger partial charge in [0.05, 0.1) is 18.9 Å². The number of hydrogen-bond donors (Lipinski definition) is 1. The minimum atomic E-state index is -1.14. The van der Waals surface area contributed by atoms with Crippen LogP contribution in [-0.4, -0.2) is 60.4 Å². The van der Waals surface area contributed by atoms with E-state index in [1.54, 1.807) is 0 Å². The van der Waals surface area contributed by atoms with Gasteiger partial charge < -0.3 is 24.4 Å². The summed E-state index contributed by atoms with van der Waals surface area (Å²) in [6, 6.07) is 7.04. The lowest BCUT2D eigenvalue weighted by Gasteiger charge is -2.42. The van der Waals surface area contributed by atoms with Crippen LogP contribution in [0.4, 0.5) is 10.1 Å². The van der Waals surface area contributed by atoms with E-state index in [1.807, 2.05) is 13.1 Å². The summed E-state index contributed by atoms with van der Waals surface area (Å²) in [4.78, 5) is 2.44. The molecule has 0 amide bonds. The highest BCUT2D eigenvalue weighted by atomic mass is 28.3. The number of halogens is 1. The molecule has 1 heterocycles. The monoisotopic (exact) mass is 438 g/mol. The van der Waals surface area contributed by atoms with Gasteiger partial charge >= 0.3 is 0 Å². The van der Waals surface area contributed by atoms with Crippen molar-refractivity contribution in [2.75, 3.05) is 45.1 Å². The average molecular weight is 439 g/mol. The van der Waals surface area contributed by atoms with Gasteiger partial charge in [0.1, 0.15) is 11.6 Å². The van der Waals surface area contributed by atoms with Crippen LogP contribution >= 0.6 is 0 Å². The second-order valence-corrected chi connectivity index (χ2v) is 15.6. The van der Waals surface area contributed by atoms with Crippen LogP contribution in [0, 0.1) is 11.7 Å². The largest absolute Gasteiger partial charge is 0.465 e. The maximum atomic E-state index is 14.1. The molecule has 1 N–H and O–H groups in total. The zero-order valence-electron chi connectivity index (χ0n) is 19.1. The number of hydrogen-bond acceptors (Lipinski definition) is 5. The van der Waals surface area contributed by atoms with Crippen molar-refractivity contribution < 1.29 is 18.6 Å². The Bertz CT molecular complexity index is 658. The second-order valence-electron chi connectivity index (χ2n) is 9.94. The average Bonchev–Trinajstić information content (AvgIpc) is 2.67. The van der Waals surface area contributed by atoms with E-state index in [9.17, 15) is 4.39 Å². The van der Waals surface area contributed by atoms with E-state index < -0.39 is 8.07 Å². The summed E-state index contributed by atoms with van der Waals surface area (Å²) in [5, 5.41) is 3.41. The molecule has 0 bridgehead atoms. The van der Waals surface area contributed by atoms with Crippen molar-refractivity contribution in [1.29, 1.82) is 0 Å². The van der Waals surface area contributed by atoms with Crippen molar-refractivity contribution in [1.82, 2.24) is 5.32 Å². The Morgan fingerprint density at radius 1 is 1.17 bits per heavy atom. The predicted octanol–water partition coefficient (Wildman–Crippen LogP) is 4.50. The number of nitrogens with one attached hydrogen (secondary N) is 1. The standard InChI is InChI=1S/C23H39FN2O3Si/c1-25-20-6-8-21(9-7-20)26(14-18-15-28-16-18)22-10-5-19(24)13-23(22)29-17-27-11-12-30(2,3)4/h5,10,13,18,20-21,25H,6-9,11-12,14-17H2,1-4H3. The summed E-state index contributed by atoms with van der Waals surface area (Å²) in [6.07, 6.45) is 4.58. The molecule has 0 aromatic heterocycles. The summed E-state index contributed by atoms with van der Waals surface area (Å²) < 4.78 is 31.1. The van der Waals surface area contributed by atoms with Crippen LogP contribution < -0.4 is 15.0 Å². The third kappa shape index (κ3) is 6.94. The zero-order chi connectivity index (χ0) is 21.6. The Balaban J connectivity index is 1.68. The summed E-state index contributed by atoms with van der Waals surface area (Å²) >= 11 is 0. The van der Waals surface area contributed by atoms with Crippen molar-refractivity contribution >= 4 is 13.8 Å². The van der Waals surface area contributed by atoms with E-state index >= 15 is 0 Å². The fraction of sp³-hybridized carbons (Fsp3) is 0.739. The molecule has 5 nitrogen and oxygen atoms in total. The number of rotatable bonds is 11. The minimum absolute atomic E-state index is 0.161. The molecule has 3 rings (SSSR count). The molecule has 0 spiro atoms. The van der Waals surface area contributed by atoms with Crippen molar-refractivity contribution in [3.05, 3.63) is 24.0 Å². The number of nitrogens with zero attached hydrogens (tertiary/aromatic N) is 1. The Morgan fingerprint density at radius 3 is 2.50 bits per heavy atom. The maximum Gasteiger partial charge on any atom is 0.189 e. The van der Waals surface area contributed by atoms with Crippen LogP contribution in [0.5, 0.6) is 5.75 Å². The summed E-state index contributed by atoms with van der Waals surface area (Å²) in [7, 11) is 0.906. The summed E-state index contributed by atoms with van der Waals surface area (Å²) in [5.41, 5.74) is 0.977. The van der Waals surface area contributed by atoms with Crippen LogP contribution in [-0.2, 0) is 9.47 Å². The van der Waals surface area contributed by atoms with Gasteiger partial charge in [-0.3, -0.25) is 0 Å². The molecule has 1 aliphatic carbocycles. The van der Waals surface area contributed by atoms with Crippen LogP contribution in [0.2, 0.25) is 25.7 Å². The first-order chi connectivity index (χ1) is 14.4. The van der Waals surface area contributed by atoms with Crippen LogP contribution in [0.15, 0.2) is 18.2 Å². The van der Waals surface area contributed by atoms with Crippen LogP contribution in [0.1, 0.15) is 25.7 Å². The highest BCUT2D eigenvalue weighted by Crippen LogP contribution is 2.36. The smallest absolute Gasteiger partial charge is 0.189 e. The molecule has 1 aliphatic heterocycles. The lowest BCUT2D eigenvalue weighted by Crippen LogP contribution is -2.47. The second kappa shape index (κ2) is 10.9. The molecule has 30 heavy (non-hydrogen) atoms. The molecule has 0 atom stereocenters. The fourth-order valence-corrected chi connectivity index (χ4v) is 4.93. The molecule has 1 saturated carbocycles. The maximum absolute atomic E-state index is 14.1. The topological polar surface area (TPSA) is 43.0 Å². The highest BCUT2D eigenvalue weighted by Gasteiger charge is 2.31. The van der Waals surface area contributed by atoms with Gasteiger partial charge in [0.2, 0.25) is 0 Å². The van der Waals surface area contributed by atoms with E-state index in [0.717, 1.165) is 57.2 Å². The quantitative estimate of drug-likeness (QED) is 0.313. The Hall–Kier alpha value is -1.15. The third-order valence-electron chi connectivity index (χ3n) is 6.23. The number of anilines is 1. The Labute approximate surface area is 182 Å². The van der Waals surface area contributed by atoms with Gasteiger partial charge in [0.15, 0.2) is 6.79 Å². The number of ether oxygens (including phenoxy) is 3. The lowest BCUT2D eigenvalue weighted by atomic mass is 9.89. The first-order valence-corrected chi connectivity index (χ1v) is 15.1. The molecular weight excluding hydrogens is 399 g/mol. The van der Waals surface area contributed by atoms with Crippen molar-refractivity contribution in [2.24, 2.45) is 5.92 Å². The molecular formula is C23H39FN2O3Si. The predicted molar refractivity (Wildman–Crippen MR) is 123 cm³/mol. The van der Waals surface area contributed by atoms with Gasteiger partial charge in [0, 0.05) is 45.3 Å². The molecule has 7 heteroatoms. The molecule has 1 aromatic rings. The van der Waals surface area contributed by atoms with Gasteiger partial charge in [-0.05, 0) is 50.9 Å².